The Hall–Kier alpha value is -0.670. The van der Waals surface area contributed by atoms with Gasteiger partial charge in [0.05, 0.1) is 9.81 Å². The van der Waals surface area contributed by atoms with Gasteiger partial charge in [0, 0.05) is 18.9 Å². The van der Waals surface area contributed by atoms with Crippen LogP contribution >= 0.6 is 23.5 Å². The summed E-state index contributed by atoms with van der Waals surface area (Å²) < 4.78 is 0. The summed E-state index contributed by atoms with van der Waals surface area (Å²) in [6.45, 7) is 4.54. The Balaban J connectivity index is 2.55. The van der Waals surface area contributed by atoms with E-state index in [2.05, 4.69) is 61.7 Å². The van der Waals surface area contributed by atoms with E-state index in [0.29, 0.717) is 0 Å². The molecule has 1 heterocycles. The molecule has 1 aliphatic heterocycles. The van der Waals surface area contributed by atoms with Gasteiger partial charge in [0.1, 0.15) is 0 Å². The van der Waals surface area contributed by atoms with Crippen LogP contribution in [0.4, 0.5) is 0 Å². The third-order valence-corrected chi connectivity index (χ3v) is 5.52. The second-order valence-corrected chi connectivity index (χ2v) is 6.25. The minimum absolute atomic E-state index is 0.0862. The van der Waals surface area contributed by atoms with Crippen molar-refractivity contribution < 1.29 is 4.99 Å². The summed E-state index contributed by atoms with van der Waals surface area (Å²) >= 11 is 3.72. The Bertz CT molecular complexity index is 490. The van der Waals surface area contributed by atoms with Gasteiger partial charge in [-0.15, -0.1) is 23.5 Å². The van der Waals surface area contributed by atoms with E-state index in [-0.39, 0.29) is 5.54 Å². The number of benzene rings is 1. The van der Waals surface area contributed by atoms with E-state index in [9.17, 15) is 0 Å². The topological polar surface area (TPSA) is 14.0 Å². The molecule has 0 bridgehead atoms. The summed E-state index contributed by atoms with van der Waals surface area (Å²) in [6, 6.07) is 10.6. The zero-order chi connectivity index (χ0) is 13.2. The van der Waals surface area contributed by atoms with Crippen LogP contribution in [0.2, 0.25) is 0 Å². The van der Waals surface area contributed by atoms with Crippen LogP contribution in [-0.2, 0) is 0 Å². The van der Waals surface area contributed by atoms with Gasteiger partial charge in [0.25, 0.3) is 0 Å². The molecule has 0 saturated heterocycles. The first kappa shape index (κ1) is 13.8. The molecule has 0 fully saturated rings. The fraction of sp³-hybridized carbons (Fsp3) is 0.400. The van der Waals surface area contributed by atoms with Crippen LogP contribution in [0.15, 0.2) is 40.1 Å². The molecule has 0 spiro atoms. The third kappa shape index (κ3) is 2.26. The summed E-state index contributed by atoms with van der Waals surface area (Å²) in [6.07, 6.45) is 5.44. The fourth-order valence-corrected chi connectivity index (χ4v) is 4.54. The molecule has 1 aromatic carbocycles. The van der Waals surface area contributed by atoms with Gasteiger partial charge in [-0.1, -0.05) is 25.1 Å². The average Bonchev–Trinajstić information content (AvgIpc) is 2.72. The first-order valence-electron chi connectivity index (χ1n) is 6.20. The van der Waals surface area contributed by atoms with Crippen molar-refractivity contribution in [3.05, 3.63) is 45.7 Å². The van der Waals surface area contributed by atoms with Crippen molar-refractivity contribution >= 4 is 29.2 Å². The van der Waals surface area contributed by atoms with Crippen molar-refractivity contribution in [1.82, 2.24) is 0 Å². The number of hydrogen-bond donors (Lipinski definition) is 1. The van der Waals surface area contributed by atoms with Crippen LogP contribution in [0.3, 0.4) is 0 Å². The molecule has 1 aromatic rings. The first-order chi connectivity index (χ1) is 8.66. The highest BCUT2D eigenvalue weighted by Crippen LogP contribution is 2.37. The maximum Gasteiger partial charge on any atom is 0.221 e. The van der Waals surface area contributed by atoms with Gasteiger partial charge in [-0.05, 0) is 24.6 Å². The van der Waals surface area contributed by atoms with E-state index >= 15 is 0 Å². The number of hydrogen-bond acceptors (Lipinski definition) is 2. The lowest BCUT2D eigenvalue weighted by atomic mass is 10.0. The van der Waals surface area contributed by atoms with Crippen LogP contribution in [0.1, 0.15) is 25.8 Å². The Morgan fingerprint density at radius 2 is 1.78 bits per heavy atom. The average molecular weight is 278 g/mol. The lowest BCUT2D eigenvalue weighted by Gasteiger charge is -2.16. The Kier molecular flexibility index (Phi) is 4.23. The minimum atomic E-state index is 0.0862. The molecule has 1 unspecified atom stereocenters. The molecule has 0 saturated carbocycles. The van der Waals surface area contributed by atoms with E-state index in [1.165, 1.54) is 21.1 Å². The molecule has 0 amide bonds. The maximum atomic E-state index is 3.74. The van der Waals surface area contributed by atoms with Gasteiger partial charge >= 0.3 is 0 Å². The highest BCUT2D eigenvalue weighted by Gasteiger charge is 2.43. The lowest BCUT2D eigenvalue weighted by molar-refractivity contribution is -0.529. The molecule has 3 heteroatoms. The van der Waals surface area contributed by atoms with Crippen molar-refractivity contribution in [3.63, 3.8) is 0 Å². The zero-order valence-corrected chi connectivity index (χ0v) is 13.0. The Morgan fingerprint density at radius 3 is 2.28 bits per heavy atom. The maximum absolute atomic E-state index is 3.74. The number of thioether (sulfide) groups is 2. The molecule has 1 atom stereocenters. The smallest absolute Gasteiger partial charge is 0.221 e. The molecule has 18 heavy (non-hydrogen) atoms. The Morgan fingerprint density at radius 1 is 1.11 bits per heavy atom. The molecule has 0 radical (unpaired) electrons. The lowest BCUT2D eigenvalue weighted by Crippen LogP contribution is -2.84. The van der Waals surface area contributed by atoms with Crippen LogP contribution in [0, 0.1) is 0 Å². The Labute approximate surface area is 118 Å². The predicted octanol–water partition coefficient (Wildman–Crippen LogP) is 2.68. The second-order valence-electron chi connectivity index (χ2n) is 4.62. The predicted molar refractivity (Wildman–Crippen MR) is 84.3 cm³/mol. The molecule has 1 aliphatic rings. The molecule has 0 aliphatic carbocycles. The summed E-state index contributed by atoms with van der Waals surface area (Å²) in [5.41, 5.74) is 2.66. The van der Waals surface area contributed by atoms with Gasteiger partial charge in [-0.3, -0.25) is 0 Å². The normalized spacial score (nSPS) is 23.4. The summed E-state index contributed by atoms with van der Waals surface area (Å²) in [7, 11) is 0. The van der Waals surface area contributed by atoms with E-state index in [1.807, 2.05) is 23.5 Å². The number of nitrogens with one attached hydrogen (secondary N) is 1. The van der Waals surface area contributed by atoms with Crippen molar-refractivity contribution in [2.45, 2.75) is 25.8 Å². The van der Waals surface area contributed by atoms with Crippen molar-refractivity contribution in [1.29, 1.82) is 0 Å². The molecule has 0 aromatic heterocycles. The summed E-state index contributed by atoms with van der Waals surface area (Å²) in [5, 5.41) is 0. The quantitative estimate of drug-likeness (QED) is 0.910. The molecule has 1 nitrogen and oxygen atoms in total. The second kappa shape index (κ2) is 5.54. The van der Waals surface area contributed by atoms with Crippen LogP contribution in [0.5, 0.6) is 0 Å². The van der Waals surface area contributed by atoms with Crippen molar-refractivity contribution in [2.75, 3.05) is 12.5 Å². The van der Waals surface area contributed by atoms with Gasteiger partial charge in [0.2, 0.25) is 5.71 Å². The molecule has 1 N–H and O–H groups in total. The van der Waals surface area contributed by atoms with Crippen molar-refractivity contribution in [3.8, 4) is 0 Å². The molecule has 96 valence electrons. The highest BCUT2D eigenvalue weighted by molar-refractivity contribution is 8.06. The summed E-state index contributed by atoms with van der Waals surface area (Å²) in [4.78, 5) is 6.61. The zero-order valence-electron chi connectivity index (χ0n) is 11.4. The van der Waals surface area contributed by atoms with Gasteiger partial charge < -0.3 is 0 Å². The van der Waals surface area contributed by atoms with Crippen LogP contribution in [-0.4, -0.2) is 23.8 Å². The van der Waals surface area contributed by atoms with E-state index in [0.717, 1.165) is 6.42 Å². The van der Waals surface area contributed by atoms with Crippen molar-refractivity contribution in [2.24, 2.45) is 0 Å². The highest BCUT2D eigenvalue weighted by atomic mass is 32.2. The van der Waals surface area contributed by atoms with E-state index in [4.69, 9.17) is 0 Å². The molecular formula is C15H20NS2+. The van der Waals surface area contributed by atoms with E-state index in [1.54, 1.807) is 0 Å². The van der Waals surface area contributed by atoms with Gasteiger partial charge in [0.15, 0.2) is 5.54 Å². The van der Waals surface area contributed by atoms with Crippen LogP contribution < -0.4 is 4.99 Å². The SMILES string of the molecule is CCC1(C)[NH+]=C(c2ccccc2)C(SC)=C1SC. The third-order valence-electron chi connectivity index (χ3n) is 3.51. The number of allylic oxidation sites excluding steroid dienone is 1. The molecule has 2 rings (SSSR count). The van der Waals surface area contributed by atoms with Gasteiger partial charge in [-0.2, -0.15) is 0 Å². The standard InChI is InChI=1S/C15H19NS2/c1-5-15(2)14(18-4)13(17-3)12(16-15)11-9-7-6-8-10-11/h6-10H,5H2,1-4H3/p+1. The molecular weight excluding hydrogens is 258 g/mol. The summed E-state index contributed by atoms with van der Waals surface area (Å²) in [5.74, 6) is 0. The van der Waals surface area contributed by atoms with Gasteiger partial charge in [-0.25, -0.2) is 4.99 Å². The fourth-order valence-electron chi connectivity index (χ4n) is 2.32. The van der Waals surface area contributed by atoms with E-state index < -0.39 is 0 Å². The largest absolute Gasteiger partial charge is 0.231 e. The monoisotopic (exact) mass is 278 g/mol. The first-order valence-corrected chi connectivity index (χ1v) is 8.65. The minimum Gasteiger partial charge on any atom is -0.231 e. The number of rotatable bonds is 4. The van der Waals surface area contributed by atoms with Crippen LogP contribution in [0.25, 0.3) is 0 Å².